The predicted molar refractivity (Wildman–Crippen MR) is 65.1 cm³/mol. The van der Waals surface area contributed by atoms with Gasteiger partial charge in [-0.2, -0.15) is 0 Å². The molecule has 0 aromatic carbocycles. The molecular weight excluding hydrogens is 184 g/mol. The highest BCUT2D eigenvalue weighted by atomic mass is 15.0. The topological polar surface area (TPSA) is 24.1 Å². The van der Waals surface area contributed by atoms with Crippen molar-refractivity contribution < 1.29 is 0 Å². The number of piperidine rings is 1. The number of hydrogen-bond donors (Lipinski definition) is 2. The first-order chi connectivity index (χ1) is 7.36. The second-order valence-electron chi connectivity index (χ2n) is 5.40. The molecule has 1 saturated carbocycles. The zero-order chi connectivity index (χ0) is 10.5. The summed E-state index contributed by atoms with van der Waals surface area (Å²) in [6.07, 6.45) is 9.92. The van der Waals surface area contributed by atoms with Crippen molar-refractivity contribution in [2.45, 2.75) is 64.0 Å². The fraction of sp³-hybridized carbons (Fsp3) is 1.00. The summed E-state index contributed by atoms with van der Waals surface area (Å²) in [6, 6.07) is 1.52. The maximum atomic E-state index is 3.85. The van der Waals surface area contributed by atoms with Crippen molar-refractivity contribution in [3.8, 4) is 0 Å². The van der Waals surface area contributed by atoms with Crippen molar-refractivity contribution in [3.63, 3.8) is 0 Å². The summed E-state index contributed by atoms with van der Waals surface area (Å²) < 4.78 is 0. The largest absolute Gasteiger partial charge is 0.316 e. The summed E-state index contributed by atoms with van der Waals surface area (Å²) in [7, 11) is 0. The zero-order valence-electron chi connectivity index (χ0n) is 10.1. The van der Waals surface area contributed by atoms with Gasteiger partial charge in [0.25, 0.3) is 0 Å². The lowest BCUT2D eigenvalue weighted by Gasteiger charge is -2.33. The van der Waals surface area contributed by atoms with Crippen LogP contribution in [-0.4, -0.2) is 25.2 Å². The van der Waals surface area contributed by atoms with Crippen LogP contribution in [0.3, 0.4) is 0 Å². The zero-order valence-corrected chi connectivity index (χ0v) is 10.1. The monoisotopic (exact) mass is 210 g/mol. The SMILES string of the molecule is CC(NC1CCCCC1)C1CCCNC1. The third-order valence-electron chi connectivity index (χ3n) is 4.15. The van der Waals surface area contributed by atoms with Gasteiger partial charge in [-0.05, 0) is 51.6 Å². The molecule has 2 fully saturated rings. The van der Waals surface area contributed by atoms with Crippen molar-refractivity contribution in [1.29, 1.82) is 0 Å². The highest BCUT2D eigenvalue weighted by Gasteiger charge is 2.22. The van der Waals surface area contributed by atoms with Crippen LogP contribution < -0.4 is 10.6 Å². The Morgan fingerprint density at radius 2 is 1.87 bits per heavy atom. The van der Waals surface area contributed by atoms with Crippen LogP contribution >= 0.6 is 0 Å². The lowest BCUT2D eigenvalue weighted by Crippen LogP contribution is -2.46. The molecule has 2 aliphatic rings. The molecule has 15 heavy (non-hydrogen) atoms. The molecule has 0 bridgehead atoms. The first-order valence-electron chi connectivity index (χ1n) is 6.83. The van der Waals surface area contributed by atoms with E-state index in [1.165, 1.54) is 58.0 Å². The Morgan fingerprint density at radius 3 is 2.53 bits per heavy atom. The normalized spacial score (nSPS) is 31.4. The van der Waals surface area contributed by atoms with Crippen LogP contribution in [0.1, 0.15) is 51.9 Å². The van der Waals surface area contributed by atoms with E-state index in [1.807, 2.05) is 0 Å². The van der Waals surface area contributed by atoms with Gasteiger partial charge >= 0.3 is 0 Å². The Balaban J connectivity index is 1.72. The van der Waals surface area contributed by atoms with Crippen LogP contribution in [0.5, 0.6) is 0 Å². The minimum absolute atomic E-state index is 0.709. The minimum atomic E-state index is 0.709. The third-order valence-corrected chi connectivity index (χ3v) is 4.15. The first-order valence-corrected chi connectivity index (χ1v) is 6.83. The molecule has 2 atom stereocenters. The molecule has 0 aromatic heterocycles. The van der Waals surface area contributed by atoms with Crippen LogP contribution in [0.25, 0.3) is 0 Å². The molecule has 1 saturated heterocycles. The Kier molecular flexibility index (Phi) is 4.45. The molecule has 2 rings (SSSR count). The molecule has 1 aliphatic carbocycles. The predicted octanol–water partition coefficient (Wildman–Crippen LogP) is 2.30. The average molecular weight is 210 g/mol. The van der Waals surface area contributed by atoms with E-state index in [4.69, 9.17) is 0 Å². The van der Waals surface area contributed by atoms with Crippen molar-refractivity contribution in [3.05, 3.63) is 0 Å². The maximum absolute atomic E-state index is 3.85. The summed E-state index contributed by atoms with van der Waals surface area (Å²) in [4.78, 5) is 0. The molecule has 0 spiro atoms. The second kappa shape index (κ2) is 5.86. The van der Waals surface area contributed by atoms with Crippen molar-refractivity contribution in [1.82, 2.24) is 10.6 Å². The number of nitrogens with one attached hydrogen (secondary N) is 2. The van der Waals surface area contributed by atoms with Gasteiger partial charge in [0.1, 0.15) is 0 Å². The summed E-state index contributed by atoms with van der Waals surface area (Å²) in [5.74, 6) is 0.862. The summed E-state index contributed by atoms with van der Waals surface area (Å²) >= 11 is 0. The van der Waals surface area contributed by atoms with E-state index < -0.39 is 0 Å². The Hall–Kier alpha value is -0.0800. The van der Waals surface area contributed by atoms with Gasteiger partial charge in [0, 0.05) is 12.1 Å². The van der Waals surface area contributed by atoms with Crippen molar-refractivity contribution >= 4 is 0 Å². The Morgan fingerprint density at radius 1 is 1.07 bits per heavy atom. The van der Waals surface area contributed by atoms with E-state index in [2.05, 4.69) is 17.6 Å². The average Bonchev–Trinajstić information content (AvgIpc) is 2.31. The number of hydrogen-bond acceptors (Lipinski definition) is 2. The van der Waals surface area contributed by atoms with E-state index in [0.29, 0.717) is 6.04 Å². The fourth-order valence-electron chi connectivity index (χ4n) is 3.08. The molecule has 1 heterocycles. The highest BCUT2D eigenvalue weighted by Crippen LogP contribution is 2.20. The molecule has 2 heteroatoms. The van der Waals surface area contributed by atoms with Crippen molar-refractivity contribution in [2.24, 2.45) is 5.92 Å². The molecule has 88 valence electrons. The lowest BCUT2D eigenvalue weighted by atomic mass is 9.90. The second-order valence-corrected chi connectivity index (χ2v) is 5.40. The number of rotatable bonds is 3. The molecule has 2 nitrogen and oxygen atoms in total. The first kappa shape index (κ1) is 11.4. The Bertz CT molecular complexity index is 169. The molecular formula is C13H26N2. The van der Waals surface area contributed by atoms with E-state index >= 15 is 0 Å². The van der Waals surface area contributed by atoms with E-state index in [-0.39, 0.29) is 0 Å². The van der Waals surface area contributed by atoms with Gasteiger partial charge < -0.3 is 10.6 Å². The highest BCUT2D eigenvalue weighted by molar-refractivity contribution is 4.82. The van der Waals surface area contributed by atoms with E-state index in [1.54, 1.807) is 0 Å². The minimum Gasteiger partial charge on any atom is -0.316 e. The molecule has 1 aliphatic heterocycles. The van der Waals surface area contributed by atoms with Crippen LogP contribution in [0, 0.1) is 5.92 Å². The molecule has 0 radical (unpaired) electrons. The van der Waals surface area contributed by atoms with Crippen LogP contribution in [-0.2, 0) is 0 Å². The summed E-state index contributed by atoms with van der Waals surface area (Å²) in [5.41, 5.74) is 0. The van der Waals surface area contributed by atoms with Gasteiger partial charge in [-0.15, -0.1) is 0 Å². The molecule has 2 N–H and O–H groups in total. The molecule has 0 amide bonds. The summed E-state index contributed by atoms with van der Waals surface area (Å²) in [6.45, 7) is 4.83. The quantitative estimate of drug-likeness (QED) is 0.747. The van der Waals surface area contributed by atoms with Crippen LogP contribution in [0.4, 0.5) is 0 Å². The van der Waals surface area contributed by atoms with Gasteiger partial charge in [0.05, 0.1) is 0 Å². The van der Waals surface area contributed by atoms with Crippen LogP contribution in [0.2, 0.25) is 0 Å². The standard InChI is InChI=1S/C13H26N2/c1-11(12-6-5-9-14-10-12)15-13-7-3-2-4-8-13/h11-15H,2-10H2,1H3. The van der Waals surface area contributed by atoms with E-state index in [0.717, 1.165) is 12.0 Å². The fourth-order valence-corrected chi connectivity index (χ4v) is 3.08. The van der Waals surface area contributed by atoms with Gasteiger partial charge in [-0.3, -0.25) is 0 Å². The van der Waals surface area contributed by atoms with Crippen LogP contribution in [0.15, 0.2) is 0 Å². The van der Waals surface area contributed by atoms with Crippen molar-refractivity contribution in [2.75, 3.05) is 13.1 Å². The van der Waals surface area contributed by atoms with Gasteiger partial charge in [0.15, 0.2) is 0 Å². The maximum Gasteiger partial charge on any atom is 0.00817 e. The Labute approximate surface area is 94.2 Å². The lowest BCUT2D eigenvalue weighted by molar-refractivity contribution is 0.254. The molecule has 2 unspecified atom stereocenters. The summed E-state index contributed by atoms with van der Waals surface area (Å²) in [5, 5.41) is 7.36. The van der Waals surface area contributed by atoms with Gasteiger partial charge in [0.2, 0.25) is 0 Å². The van der Waals surface area contributed by atoms with Gasteiger partial charge in [-0.1, -0.05) is 19.3 Å². The third kappa shape index (κ3) is 3.46. The molecule has 0 aromatic rings. The smallest absolute Gasteiger partial charge is 0.00817 e. The van der Waals surface area contributed by atoms with Gasteiger partial charge in [-0.25, -0.2) is 0 Å². The van der Waals surface area contributed by atoms with E-state index in [9.17, 15) is 0 Å².